The quantitative estimate of drug-likeness (QED) is 0.0592. The number of aliphatic hydroxyl groups is 1. The predicted molar refractivity (Wildman–Crippen MR) is 236 cm³/mol. The Balaban J connectivity index is 0.891. The zero-order valence-electron chi connectivity index (χ0n) is 33.0. The Hall–Kier alpha value is -4.51. The summed E-state index contributed by atoms with van der Waals surface area (Å²) in [7, 11) is -2.73. The van der Waals surface area contributed by atoms with Gasteiger partial charge in [-0.3, -0.25) is 0 Å². The molecule has 57 heavy (non-hydrogen) atoms. The molecule has 1 unspecified atom stereocenters. The second kappa shape index (κ2) is 19.8. The topological polar surface area (TPSA) is 95.1 Å². The zero-order valence-corrected chi connectivity index (χ0v) is 35.5. The van der Waals surface area contributed by atoms with Gasteiger partial charge in [0.25, 0.3) is 0 Å². The molecule has 0 radical (unpaired) electrons. The highest BCUT2D eigenvalue weighted by Crippen LogP contribution is 2.38. The minimum Gasteiger partial charge on any atom is -0.534 e. The number of aliphatic hydroxyl groups excluding tert-OH is 1. The van der Waals surface area contributed by atoms with Crippen LogP contribution in [-0.2, 0) is 13.0 Å². The lowest BCUT2D eigenvalue weighted by Crippen LogP contribution is -2.68. The number of carbonyl (C=O) groups is 1. The normalized spacial score (nSPS) is 14.2. The Labute approximate surface area is 348 Å². The number of nitrogens with zero attached hydrogens (tertiary/aromatic N) is 1. The number of rotatable bonds is 16. The molecule has 1 saturated heterocycles. The van der Waals surface area contributed by atoms with Crippen LogP contribution in [0.25, 0.3) is 0 Å². The molecule has 1 heterocycles. The van der Waals surface area contributed by atoms with Crippen LogP contribution in [-0.4, -0.2) is 69.3 Å². The number of halogens is 2. The number of nitrogens with one attached hydrogen (secondary N) is 3. The van der Waals surface area contributed by atoms with E-state index in [1.165, 1.54) is 15.9 Å². The van der Waals surface area contributed by atoms with Crippen LogP contribution in [0.1, 0.15) is 44.7 Å². The van der Waals surface area contributed by atoms with E-state index >= 15 is 0 Å². The number of anilines is 1. The summed E-state index contributed by atoms with van der Waals surface area (Å²) in [6.07, 6.45) is 1.93. The Kier molecular flexibility index (Phi) is 14.6. The van der Waals surface area contributed by atoms with E-state index in [-0.39, 0.29) is 17.7 Å². The molecule has 0 aromatic heterocycles. The van der Waals surface area contributed by atoms with Gasteiger partial charge in [0.1, 0.15) is 24.2 Å². The number of urea groups is 1. The van der Waals surface area contributed by atoms with Crippen LogP contribution in [0.2, 0.25) is 15.1 Å². The summed E-state index contributed by atoms with van der Waals surface area (Å²) < 4.78 is 13.1. The van der Waals surface area contributed by atoms with Crippen molar-refractivity contribution in [1.29, 1.82) is 0 Å². The molecule has 4 N–H and O–H groups in total. The van der Waals surface area contributed by atoms with E-state index in [0.717, 1.165) is 42.8 Å². The fraction of sp³-hybridized carbons (Fsp3) is 0.326. The number of likely N-dealkylation sites (tertiary alicyclic amines) is 1. The predicted octanol–water partition coefficient (Wildman–Crippen LogP) is 8.29. The molecule has 5 aromatic carbocycles. The summed E-state index contributed by atoms with van der Waals surface area (Å²) in [6, 6.07) is 42.9. The van der Waals surface area contributed by atoms with Crippen LogP contribution in [0, 0.1) is 0 Å². The van der Waals surface area contributed by atoms with Crippen LogP contribution in [0.3, 0.4) is 0 Å². The maximum atomic E-state index is 12.7. The first-order valence-corrected chi connectivity index (χ1v) is 22.4. The lowest BCUT2D eigenvalue weighted by atomic mass is 10.0. The van der Waals surface area contributed by atoms with Crippen molar-refractivity contribution in [3.8, 4) is 11.5 Å². The smallest absolute Gasteiger partial charge is 0.319 e. The maximum Gasteiger partial charge on any atom is 0.319 e. The second-order valence-electron chi connectivity index (χ2n) is 15.7. The van der Waals surface area contributed by atoms with Gasteiger partial charge in [0.15, 0.2) is 0 Å². The maximum absolute atomic E-state index is 12.7. The molecular formula is C46H54Cl2N4O4Si. The van der Waals surface area contributed by atoms with Crippen molar-refractivity contribution < 1.29 is 19.1 Å². The van der Waals surface area contributed by atoms with Gasteiger partial charge in [0, 0.05) is 48.0 Å². The molecule has 5 aromatic rings. The summed E-state index contributed by atoms with van der Waals surface area (Å²) in [4.78, 5) is 14.6. The van der Waals surface area contributed by atoms with E-state index < -0.39 is 14.4 Å². The van der Waals surface area contributed by atoms with Crippen molar-refractivity contribution in [2.75, 3.05) is 38.1 Å². The first kappa shape index (κ1) is 42.1. The largest absolute Gasteiger partial charge is 0.534 e. The number of ether oxygens (including phenoxy) is 1. The van der Waals surface area contributed by atoms with Gasteiger partial charge in [-0.25, -0.2) is 4.79 Å². The van der Waals surface area contributed by atoms with Gasteiger partial charge in [-0.05, 0) is 101 Å². The molecule has 1 aliphatic rings. The number of piperidine rings is 1. The lowest BCUT2D eigenvalue weighted by molar-refractivity contribution is 0.106. The van der Waals surface area contributed by atoms with Crippen molar-refractivity contribution in [2.45, 2.75) is 63.8 Å². The lowest BCUT2D eigenvalue weighted by Gasteiger charge is -2.43. The molecule has 0 spiro atoms. The summed E-state index contributed by atoms with van der Waals surface area (Å²) in [6.45, 7) is 9.88. The van der Waals surface area contributed by atoms with Crippen LogP contribution < -0.4 is 35.5 Å². The Bertz CT molecular complexity index is 1970. The number of hydrogen-bond acceptors (Lipinski definition) is 6. The van der Waals surface area contributed by atoms with Crippen LogP contribution in [0.15, 0.2) is 127 Å². The highest BCUT2D eigenvalue weighted by atomic mass is 35.5. The van der Waals surface area contributed by atoms with E-state index in [0.29, 0.717) is 48.0 Å². The van der Waals surface area contributed by atoms with E-state index in [1.54, 1.807) is 12.1 Å². The number of amides is 2. The average molecular weight is 826 g/mol. The molecule has 0 saturated carbocycles. The van der Waals surface area contributed by atoms with Crippen LogP contribution in [0.5, 0.6) is 11.5 Å². The summed E-state index contributed by atoms with van der Waals surface area (Å²) in [5.41, 5.74) is 3.12. The van der Waals surface area contributed by atoms with E-state index in [1.807, 2.05) is 47.4 Å². The van der Waals surface area contributed by atoms with Crippen molar-refractivity contribution in [3.05, 3.63) is 149 Å². The monoisotopic (exact) mass is 824 g/mol. The van der Waals surface area contributed by atoms with Gasteiger partial charge in [-0.1, -0.05) is 123 Å². The van der Waals surface area contributed by atoms with Crippen molar-refractivity contribution in [1.82, 2.24) is 15.5 Å². The van der Waals surface area contributed by atoms with Gasteiger partial charge in [-0.2, -0.15) is 0 Å². The molecule has 0 aliphatic carbocycles. The molecule has 0 bridgehead atoms. The zero-order chi connectivity index (χ0) is 40.3. The van der Waals surface area contributed by atoms with Gasteiger partial charge in [-0.15, -0.1) is 0 Å². The fourth-order valence-corrected chi connectivity index (χ4v) is 12.3. The average Bonchev–Trinajstić information content (AvgIpc) is 3.22. The third-order valence-electron chi connectivity index (χ3n) is 10.5. The molecule has 2 amide bonds. The first-order chi connectivity index (χ1) is 27.5. The van der Waals surface area contributed by atoms with Gasteiger partial charge >= 0.3 is 14.3 Å². The number of benzene rings is 5. The fourth-order valence-electron chi connectivity index (χ4n) is 7.36. The third-order valence-corrected chi connectivity index (χ3v) is 16.0. The van der Waals surface area contributed by atoms with Crippen LogP contribution >= 0.6 is 23.2 Å². The summed E-state index contributed by atoms with van der Waals surface area (Å²) in [5.74, 6) is 1.48. The third kappa shape index (κ3) is 11.3. The molecule has 6 rings (SSSR count). The number of hydrogen-bond donors (Lipinski definition) is 4. The van der Waals surface area contributed by atoms with Crippen molar-refractivity contribution in [2.24, 2.45) is 0 Å². The molecule has 11 heteroatoms. The van der Waals surface area contributed by atoms with Gasteiger partial charge in [0.05, 0.1) is 0 Å². The SMILES string of the molecule is CC(C)(C)[Si](Oc1ccc(OCC(O)CNCCc2ccc(NC3CCN(C(=O)NCc4ccc(Cl)cc4Cl)CC3)cc2)cc1)(c1ccccc1)c1ccccc1. The highest BCUT2D eigenvalue weighted by molar-refractivity contribution is 7.00. The summed E-state index contributed by atoms with van der Waals surface area (Å²) >= 11 is 12.2. The summed E-state index contributed by atoms with van der Waals surface area (Å²) in [5, 5.41) is 24.0. The van der Waals surface area contributed by atoms with Gasteiger partial charge < -0.3 is 35.1 Å². The minimum atomic E-state index is -2.73. The Morgan fingerprint density at radius 1 is 0.842 bits per heavy atom. The Morgan fingerprint density at radius 2 is 1.46 bits per heavy atom. The molecule has 300 valence electrons. The van der Waals surface area contributed by atoms with Crippen molar-refractivity contribution >= 4 is 53.6 Å². The standard InChI is InChI=1S/C46H54Cl2N4O4Si/c1-46(2,3)57(42-10-6-4-7-11-42,43-12-8-5-9-13-43)56-41-22-20-40(21-23-41)55-33-39(53)32-49-27-24-34-14-18-37(19-15-34)51-38-25-28-52(29-26-38)45(54)50-31-35-16-17-36(47)30-44(35)48/h4-23,30,38-39,49,51,53H,24-29,31-33H2,1-3H3,(H,50,54). The highest BCUT2D eigenvalue weighted by Gasteiger charge is 2.52. The Morgan fingerprint density at radius 3 is 2.05 bits per heavy atom. The molecule has 1 fully saturated rings. The second-order valence-corrected chi connectivity index (χ2v) is 20.7. The van der Waals surface area contributed by atoms with E-state index in [4.69, 9.17) is 32.4 Å². The molecular weight excluding hydrogens is 772 g/mol. The van der Waals surface area contributed by atoms with E-state index in [2.05, 4.69) is 110 Å². The molecule has 1 aliphatic heterocycles. The number of carbonyl (C=O) groups excluding carboxylic acids is 1. The van der Waals surface area contributed by atoms with Crippen molar-refractivity contribution in [3.63, 3.8) is 0 Å². The minimum absolute atomic E-state index is 0.0824. The molecule has 1 atom stereocenters. The first-order valence-electron chi connectivity index (χ1n) is 19.7. The molecule has 8 nitrogen and oxygen atoms in total. The van der Waals surface area contributed by atoms with E-state index in [9.17, 15) is 9.90 Å². The van der Waals surface area contributed by atoms with Gasteiger partial charge in [0.2, 0.25) is 0 Å². The van der Waals surface area contributed by atoms with Crippen LogP contribution in [0.4, 0.5) is 10.5 Å².